The van der Waals surface area contributed by atoms with Gasteiger partial charge >= 0.3 is 0 Å². The summed E-state index contributed by atoms with van der Waals surface area (Å²) in [4.78, 5) is 31.7. The van der Waals surface area contributed by atoms with Crippen molar-refractivity contribution in [3.8, 4) is 0 Å². The second-order valence-corrected chi connectivity index (χ2v) is 7.42. The summed E-state index contributed by atoms with van der Waals surface area (Å²) < 4.78 is 13.3. The van der Waals surface area contributed by atoms with Crippen LogP contribution >= 0.6 is 0 Å². The van der Waals surface area contributed by atoms with Crippen molar-refractivity contribution in [2.45, 2.75) is 32.5 Å². The molecule has 1 atom stereocenters. The van der Waals surface area contributed by atoms with E-state index >= 15 is 0 Å². The van der Waals surface area contributed by atoms with Crippen molar-refractivity contribution in [2.75, 3.05) is 0 Å². The van der Waals surface area contributed by atoms with Crippen LogP contribution in [0.3, 0.4) is 0 Å². The number of aryl methyl sites for hydroxylation is 1. The zero-order valence-electron chi connectivity index (χ0n) is 16.6. The Balaban J connectivity index is 1.51. The lowest BCUT2D eigenvalue weighted by Crippen LogP contribution is -2.32. The highest BCUT2D eigenvalue weighted by Gasteiger charge is 2.38. The number of pyridine rings is 1. The molecule has 1 aliphatic heterocycles. The fourth-order valence-electron chi connectivity index (χ4n) is 3.73. The minimum absolute atomic E-state index is 0.114. The third-order valence-corrected chi connectivity index (χ3v) is 5.40. The van der Waals surface area contributed by atoms with E-state index in [1.807, 2.05) is 31.2 Å². The van der Waals surface area contributed by atoms with Crippen LogP contribution in [0.25, 0.3) is 0 Å². The number of fused-ring (bicyclic) bond motifs is 1. The first-order valence-corrected chi connectivity index (χ1v) is 9.84. The van der Waals surface area contributed by atoms with Crippen LogP contribution in [0.1, 0.15) is 45.2 Å². The van der Waals surface area contributed by atoms with Crippen LogP contribution in [0.5, 0.6) is 0 Å². The largest absolute Gasteiger partial charge is 0.352 e. The molecule has 0 aliphatic carbocycles. The van der Waals surface area contributed by atoms with E-state index in [1.165, 1.54) is 12.1 Å². The molecule has 2 heterocycles. The third-order valence-electron chi connectivity index (χ3n) is 5.40. The van der Waals surface area contributed by atoms with Crippen molar-refractivity contribution in [3.05, 3.63) is 101 Å². The first-order chi connectivity index (χ1) is 14.5. The van der Waals surface area contributed by atoms with Crippen molar-refractivity contribution in [3.63, 3.8) is 0 Å². The molecule has 0 spiro atoms. The number of carbonyl (C=O) groups is 2. The van der Waals surface area contributed by atoms with Crippen molar-refractivity contribution in [1.82, 2.24) is 15.2 Å². The van der Waals surface area contributed by atoms with Gasteiger partial charge in [-0.05, 0) is 47.9 Å². The van der Waals surface area contributed by atoms with Gasteiger partial charge in [-0.1, -0.05) is 36.4 Å². The Labute approximate surface area is 174 Å². The van der Waals surface area contributed by atoms with E-state index in [9.17, 15) is 14.0 Å². The summed E-state index contributed by atoms with van der Waals surface area (Å²) in [5, 5.41) is 2.95. The SMILES string of the molecule is Cc1ccccc1CNC(=O)CC1c2ncccc2C(=O)N1Cc1ccc(F)cc1. The van der Waals surface area contributed by atoms with Crippen LogP contribution in [0.2, 0.25) is 0 Å². The van der Waals surface area contributed by atoms with Gasteiger partial charge in [0, 0.05) is 19.3 Å². The van der Waals surface area contributed by atoms with Gasteiger partial charge in [-0.25, -0.2) is 4.39 Å². The van der Waals surface area contributed by atoms with Crippen LogP contribution in [0.15, 0.2) is 66.9 Å². The zero-order valence-corrected chi connectivity index (χ0v) is 16.6. The Morgan fingerprint density at radius 3 is 2.63 bits per heavy atom. The summed E-state index contributed by atoms with van der Waals surface area (Å²) in [7, 11) is 0. The molecular weight excluding hydrogens is 381 g/mol. The van der Waals surface area contributed by atoms with Crippen molar-refractivity contribution in [2.24, 2.45) is 0 Å². The summed E-state index contributed by atoms with van der Waals surface area (Å²) >= 11 is 0. The summed E-state index contributed by atoms with van der Waals surface area (Å²) in [5.74, 6) is -0.652. The van der Waals surface area contributed by atoms with Gasteiger partial charge in [0.1, 0.15) is 5.82 Å². The molecule has 0 bridgehead atoms. The van der Waals surface area contributed by atoms with Gasteiger partial charge in [0.2, 0.25) is 5.91 Å². The van der Waals surface area contributed by atoms with Crippen LogP contribution in [0.4, 0.5) is 4.39 Å². The summed E-state index contributed by atoms with van der Waals surface area (Å²) in [6.07, 6.45) is 1.74. The average molecular weight is 403 g/mol. The summed E-state index contributed by atoms with van der Waals surface area (Å²) in [6.45, 7) is 2.71. The fraction of sp³-hybridized carbons (Fsp3) is 0.208. The quantitative estimate of drug-likeness (QED) is 0.678. The minimum atomic E-state index is -0.462. The van der Waals surface area contributed by atoms with Gasteiger partial charge in [0.15, 0.2) is 0 Å². The molecule has 5 nitrogen and oxygen atoms in total. The Kier molecular flexibility index (Phi) is 5.57. The molecule has 2 amide bonds. The number of hydrogen-bond acceptors (Lipinski definition) is 3. The molecule has 0 saturated heterocycles. The normalized spacial score (nSPS) is 15.2. The topological polar surface area (TPSA) is 62.3 Å². The van der Waals surface area contributed by atoms with Gasteiger partial charge in [0.25, 0.3) is 5.91 Å². The lowest BCUT2D eigenvalue weighted by Gasteiger charge is -2.24. The monoisotopic (exact) mass is 403 g/mol. The Morgan fingerprint density at radius 2 is 1.87 bits per heavy atom. The van der Waals surface area contributed by atoms with Gasteiger partial charge in [0.05, 0.1) is 23.7 Å². The number of nitrogens with one attached hydrogen (secondary N) is 1. The molecule has 4 rings (SSSR count). The predicted octanol–water partition coefficient (Wildman–Crippen LogP) is 3.93. The zero-order chi connectivity index (χ0) is 21.1. The molecule has 0 fully saturated rings. The van der Waals surface area contributed by atoms with Crippen LogP contribution in [-0.4, -0.2) is 21.7 Å². The van der Waals surface area contributed by atoms with E-state index in [0.717, 1.165) is 16.7 Å². The highest BCUT2D eigenvalue weighted by Crippen LogP contribution is 2.35. The molecule has 30 heavy (non-hydrogen) atoms. The molecule has 1 aromatic heterocycles. The fourth-order valence-corrected chi connectivity index (χ4v) is 3.73. The van der Waals surface area contributed by atoms with Gasteiger partial charge in [-0.3, -0.25) is 14.6 Å². The summed E-state index contributed by atoms with van der Waals surface area (Å²) in [5.41, 5.74) is 4.07. The number of carbonyl (C=O) groups excluding carboxylic acids is 2. The first-order valence-electron chi connectivity index (χ1n) is 9.84. The number of rotatable bonds is 6. The number of amides is 2. The highest BCUT2D eigenvalue weighted by atomic mass is 19.1. The lowest BCUT2D eigenvalue weighted by atomic mass is 10.1. The molecule has 1 unspecified atom stereocenters. The molecule has 6 heteroatoms. The number of benzene rings is 2. The number of nitrogens with zero attached hydrogens (tertiary/aromatic N) is 2. The van der Waals surface area contributed by atoms with Crippen LogP contribution < -0.4 is 5.32 Å². The maximum atomic E-state index is 13.3. The third kappa shape index (κ3) is 4.08. The van der Waals surface area contributed by atoms with Crippen molar-refractivity contribution < 1.29 is 14.0 Å². The molecular formula is C24H22FN3O2. The second-order valence-electron chi connectivity index (χ2n) is 7.42. The van der Waals surface area contributed by atoms with E-state index in [0.29, 0.717) is 17.8 Å². The molecule has 3 aromatic rings. The van der Waals surface area contributed by atoms with Gasteiger partial charge < -0.3 is 10.2 Å². The maximum Gasteiger partial charge on any atom is 0.256 e. The van der Waals surface area contributed by atoms with Crippen molar-refractivity contribution >= 4 is 11.8 Å². The minimum Gasteiger partial charge on any atom is -0.352 e. The number of aromatic nitrogens is 1. The van der Waals surface area contributed by atoms with E-state index < -0.39 is 6.04 Å². The molecule has 152 valence electrons. The second kappa shape index (κ2) is 8.45. The average Bonchev–Trinajstić information content (AvgIpc) is 3.01. The smallest absolute Gasteiger partial charge is 0.256 e. The predicted molar refractivity (Wildman–Crippen MR) is 111 cm³/mol. The first kappa shape index (κ1) is 19.8. The number of hydrogen-bond donors (Lipinski definition) is 1. The maximum absolute atomic E-state index is 13.3. The van der Waals surface area contributed by atoms with Crippen molar-refractivity contribution in [1.29, 1.82) is 0 Å². The van der Waals surface area contributed by atoms with Crippen LogP contribution in [-0.2, 0) is 17.9 Å². The molecule has 2 aromatic carbocycles. The molecule has 1 aliphatic rings. The Hall–Kier alpha value is -3.54. The number of halogens is 1. The molecule has 1 N–H and O–H groups in total. The highest BCUT2D eigenvalue weighted by molar-refractivity contribution is 5.99. The van der Waals surface area contributed by atoms with Gasteiger partial charge in [-0.15, -0.1) is 0 Å². The molecule has 0 saturated carbocycles. The Morgan fingerprint density at radius 1 is 1.10 bits per heavy atom. The van der Waals surface area contributed by atoms with E-state index in [-0.39, 0.29) is 30.6 Å². The van der Waals surface area contributed by atoms with E-state index in [2.05, 4.69) is 10.3 Å². The van der Waals surface area contributed by atoms with Crippen LogP contribution in [0, 0.1) is 12.7 Å². The Bertz CT molecular complexity index is 1080. The molecule has 0 radical (unpaired) electrons. The summed E-state index contributed by atoms with van der Waals surface area (Å²) in [6, 6.07) is 16.9. The lowest BCUT2D eigenvalue weighted by molar-refractivity contribution is -0.122. The van der Waals surface area contributed by atoms with Gasteiger partial charge in [-0.2, -0.15) is 0 Å². The van der Waals surface area contributed by atoms with E-state index in [4.69, 9.17) is 0 Å². The van der Waals surface area contributed by atoms with E-state index in [1.54, 1.807) is 35.4 Å². The standard InChI is InChI=1S/C24H22FN3O2/c1-16-5-2-3-6-18(16)14-27-22(29)13-21-23-20(7-4-12-26-23)24(30)28(21)15-17-8-10-19(25)11-9-17/h2-12,21H,13-15H2,1H3,(H,27,29).